The number of nitrogens with one attached hydrogen (secondary N) is 1. The van der Waals surface area contributed by atoms with Crippen molar-refractivity contribution in [1.29, 1.82) is 0 Å². The summed E-state index contributed by atoms with van der Waals surface area (Å²) in [4.78, 5) is 9.60. The fourth-order valence-corrected chi connectivity index (χ4v) is 4.32. The number of rotatable bonds is 6. The largest absolute Gasteiger partial charge is 0.487 e. The third kappa shape index (κ3) is 5.12. The van der Waals surface area contributed by atoms with Crippen LogP contribution < -0.4 is 15.0 Å². The van der Waals surface area contributed by atoms with Crippen molar-refractivity contribution in [1.82, 2.24) is 15.2 Å². The summed E-state index contributed by atoms with van der Waals surface area (Å²) in [7, 11) is 0. The lowest BCUT2D eigenvalue weighted by Crippen LogP contribution is -2.45. The van der Waals surface area contributed by atoms with Crippen LogP contribution in [0, 0.1) is 6.92 Å². The molecule has 0 amide bonds. The molecule has 6 nitrogen and oxygen atoms in total. The molecule has 0 unspecified atom stereocenters. The summed E-state index contributed by atoms with van der Waals surface area (Å²) in [5.74, 6) is 1.82. The molecular formula is C24H34N4O2. The summed E-state index contributed by atoms with van der Waals surface area (Å²) in [6, 6.07) is 11.2. The number of piperazine rings is 1. The van der Waals surface area contributed by atoms with Crippen molar-refractivity contribution < 1.29 is 9.47 Å². The van der Waals surface area contributed by atoms with E-state index in [2.05, 4.69) is 66.2 Å². The van der Waals surface area contributed by atoms with Gasteiger partial charge in [-0.15, -0.1) is 0 Å². The minimum atomic E-state index is 0.117. The van der Waals surface area contributed by atoms with Crippen LogP contribution in [-0.4, -0.2) is 61.9 Å². The zero-order valence-corrected chi connectivity index (χ0v) is 18.4. The number of aryl methyl sites for hydroxylation is 1. The maximum absolute atomic E-state index is 6.16. The Balaban J connectivity index is 1.48. The molecule has 1 aromatic heterocycles. The highest BCUT2D eigenvalue weighted by molar-refractivity contribution is 5.54. The predicted molar refractivity (Wildman–Crippen MR) is 120 cm³/mol. The SMILES string of the molecule is Cc1ccccc1[C@@H]1CN(Cc2cnc(N3CCOCC3)c(OC(C)C)c2)CCN1. The topological polar surface area (TPSA) is 49.9 Å². The van der Waals surface area contributed by atoms with Crippen LogP contribution in [0.5, 0.6) is 5.75 Å². The van der Waals surface area contributed by atoms with Crippen molar-refractivity contribution in [3.05, 3.63) is 53.2 Å². The second kappa shape index (κ2) is 9.77. The first-order valence-electron chi connectivity index (χ1n) is 11.1. The third-order valence-electron chi connectivity index (χ3n) is 5.79. The summed E-state index contributed by atoms with van der Waals surface area (Å²) in [5, 5.41) is 3.68. The van der Waals surface area contributed by atoms with E-state index < -0.39 is 0 Å². The Bertz CT molecular complexity index is 836. The van der Waals surface area contributed by atoms with Crippen LogP contribution in [0.25, 0.3) is 0 Å². The number of morpholine rings is 1. The van der Waals surface area contributed by atoms with E-state index in [0.29, 0.717) is 6.04 Å². The van der Waals surface area contributed by atoms with Gasteiger partial charge in [0.1, 0.15) is 0 Å². The van der Waals surface area contributed by atoms with Crippen molar-refractivity contribution in [2.75, 3.05) is 50.8 Å². The number of hydrogen-bond acceptors (Lipinski definition) is 6. The van der Waals surface area contributed by atoms with E-state index in [1.807, 2.05) is 6.20 Å². The number of ether oxygens (including phenoxy) is 2. The molecule has 30 heavy (non-hydrogen) atoms. The molecule has 0 aliphatic carbocycles. The summed E-state index contributed by atoms with van der Waals surface area (Å²) in [6.07, 6.45) is 2.13. The first-order chi connectivity index (χ1) is 14.6. The van der Waals surface area contributed by atoms with Gasteiger partial charge in [-0.1, -0.05) is 24.3 Å². The molecule has 0 spiro atoms. The molecule has 2 aliphatic heterocycles. The lowest BCUT2D eigenvalue weighted by atomic mass is 9.99. The van der Waals surface area contributed by atoms with Crippen molar-refractivity contribution in [3.63, 3.8) is 0 Å². The summed E-state index contributed by atoms with van der Waals surface area (Å²) in [5.41, 5.74) is 3.95. The number of hydrogen-bond donors (Lipinski definition) is 1. The van der Waals surface area contributed by atoms with Gasteiger partial charge in [-0.2, -0.15) is 0 Å². The Morgan fingerprint density at radius 2 is 2.00 bits per heavy atom. The first kappa shape index (κ1) is 21.1. The molecule has 0 bridgehead atoms. The molecule has 2 fully saturated rings. The summed E-state index contributed by atoms with van der Waals surface area (Å²) < 4.78 is 11.7. The van der Waals surface area contributed by atoms with E-state index in [1.54, 1.807) is 0 Å². The minimum Gasteiger partial charge on any atom is -0.487 e. The lowest BCUT2D eigenvalue weighted by molar-refractivity contribution is 0.121. The number of benzene rings is 1. The van der Waals surface area contributed by atoms with Crippen LogP contribution >= 0.6 is 0 Å². The van der Waals surface area contributed by atoms with Gasteiger partial charge in [0.05, 0.1) is 19.3 Å². The molecule has 2 aliphatic rings. The molecule has 162 valence electrons. The average molecular weight is 411 g/mol. The van der Waals surface area contributed by atoms with Crippen molar-refractivity contribution in [2.45, 2.75) is 39.5 Å². The zero-order chi connectivity index (χ0) is 20.9. The van der Waals surface area contributed by atoms with E-state index in [4.69, 9.17) is 14.5 Å². The van der Waals surface area contributed by atoms with Crippen molar-refractivity contribution in [3.8, 4) is 5.75 Å². The lowest BCUT2D eigenvalue weighted by Gasteiger charge is -2.35. The summed E-state index contributed by atoms with van der Waals surface area (Å²) >= 11 is 0. The van der Waals surface area contributed by atoms with Crippen LogP contribution in [0.4, 0.5) is 5.82 Å². The second-order valence-electron chi connectivity index (χ2n) is 8.53. The molecule has 1 atom stereocenters. The van der Waals surface area contributed by atoms with E-state index in [1.165, 1.54) is 16.7 Å². The highest BCUT2D eigenvalue weighted by Crippen LogP contribution is 2.30. The summed E-state index contributed by atoms with van der Waals surface area (Å²) in [6.45, 7) is 13.4. The molecule has 0 radical (unpaired) electrons. The van der Waals surface area contributed by atoms with E-state index >= 15 is 0 Å². The van der Waals surface area contributed by atoms with Crippen LogP contribution in [-0.2, 0) is 11.3 Å². The monoisotopic (exact) mass is 410 g/mol. The predicted octanol–water partition coefficient (Wildman–Crippen LogP) is 3.16. The molecule has 0 saturated carbocycles. The van der Waals surface area contributed by atoms with E-state index in [-0.39, 0.29) is 6.10 Å². The molecular weight excluding hydrogens is 376 g/mol. The molecule has 1 aromatic carbocycles. The zero-order valence-electron chi connectivity index (χ0n) is 18.4. The number of aromatic nitrogens is 1. The van der Waals surface area contributed by atoms with Crippen molar-refractivity contribution >= 4 is 5.82 Å². The molecule has 4 rings (SSSR count). The Morgan fingerprint density at radius 3 is 2.77 bits per heavy atom. The van der Waals surface area contributed by atoms with E-state index in [9.17, 15) is 0 Å². The third-order valence-corrected chi connectivity index (χ3v) is 5.79. The standard InChI is InChI=1S/C24H34N4O2/c1-18(2)30-23-14-20(15-26-24(23)28-10-12-29-13-11-28)16-27-9-8-25-22(17-27)21-7-5-4-6-19(21)3/h4-7,14-15,18,22,25H,8-13,16-17H2,1-3H3/t22-/m0/s1. The van der Waals surface area contributed by atoms with Gasteiger partial charge in [-0.05, 0) is 43.5 Å². The average Bonchev–Trinajstić information content (AvgIpc) is 2.75. The molecule has 1 N–H and O–H groups in total. The molecule has 3 heterocycles. The maximum atomic E-state index is 6.16. The second-order valence-corrected chi connectivity index (χ2v) is 8.53. The maximum Gasteiger partial charge on any atom is 0.171 e. The molecule has 6 heteroatoms. The Labute approximate surface area is 180 Å². The highest BCUT2D eigenvalue weighted by atomic mass is 16.5. The fraction of sp³-hybridized carbons (Fsp3) is 0.542. The first-order valence-corrected chi connectivity index (χ1v) is 11.1. The Morgan fingerprint density at radius 1 is 1.20 bits per heavy atom. The van der Waals surface area contributed by atoms with E-state index in [0.717, 1.165) is 64.0 Å². The molecule has 2 saturated heterocycles. The van der Waals surface area contributed by atoms with Gasteiger partial charge in [0, 0.05) is 51.5 Å². The van der Waals surface area contributed by atoms with Gasteiger partial charge < -0.3 is 19.7 Å². The normalized spacial score (nSPS) is 20.5. The molecule has 2 aromatic rings. The van der Waals surface area contributed by atoms with Crippen molar-refractivity contribution in [2.24, 2.45) is 0 Å². The van der Waals surface area contributed by atoms with Gasteiger partial charge in [0.25, 0.3) is 0 Å². The van der Waals surface area contributed by atoms with Gasteiger partial charge in [0.2, 0.25) is 0 Å². The highest BCUT2D eigenvalue weighted by Gasteiger charge is 2.23. The van der Waals surface area contributed by atoms with Crippen LogP contribution in [0.3, 0.4) is 0 Å². The number of pyridine rings is 1. The Hall–Kier alpha value is -2.15. The number of anilines is 1. The quantitative estimate of drug-likeness (QED) is 0.790. The van der Waals surface area contributed by atoms with Gasteiger partial charge in [0.15, 0.2) is 11.6 Å². The van der Waals surface area contributed by atoms with Crippen LogP contribution in [0.2, 0.25) is 0 Å². The van der Waals surface area contributed by atoms with Gasteiger partial charge in [-0.3, -0.25) is 4.90 Å². The van der Waals surface area contributed by atoms with Crippen LogP contribution in [0.1, 0.15) is 36.6 Å². The van der Waals surface area contributed by atoms with Gasteiger partial charge >= 0.3 is 0 Å². The smallest absolute Gasteiger partial charge is 0.171 e. The number of nitrogens with zero attached hydrogens (tertiary/aromatic N) is 3. The van der Waals surface area contributed by atoms with Gasteiger partial charge in [-0.25, -0.2) is 4.98 Å². The minimum absolute atomic E-state index is 0.117. The fourth-order valence-electron chi connectivity index (χ4n) is 4.32. The Kier molecular flexibility index (Phi) is 6.87. The van der Waals surface area contributed by atoms with Crippen LogP contribution in [0.15, 0.2) is 36.5 Å².